The summed E-state index contributed by atoms with van der Waals surface area (Å²) in [5.41, 5.74) is 0.450. The first-order valence-corrected chi connectivity index (χ1v) is 7.81. The van der Waals surface area contributed by atoms with E-state index in [-0.39, 0.29) is 11.0 Å². The molecule has 3 rings (SSSR count). The predicted octanol–water partition coefficient (Wildman–Crippen LogP) is 1.67. The van der Waals surface area contributed by atoms with Gasteiger partial charge in [0.05, 0.1) is 23.7 Å². The number of benzene rings is 1. The lowest BCUT2D eigenvalue weighted by molar-refractivity contribution is -0.155. The molecule has 0 spiro atoms. The Kier molecular flexibility index (Phi) is 4.09. The number of β-lactam (4-membered cyclic amide) rings is 1. The van der Waals surface area contributed by atoms with E-state index in [2.05, 4.69) is 0 Å². The number of carboxylic acid groups (broad SMARTS) is 1. The Bertz CT molecular complexity index is 767. The molecular formula is C15H12N2O6S. The third-order valence-electron chi connectivity index (χ3n) is 3.60. The Balaban J connectivity index is 1.86. The van der Waals surface area contributed by atoms with Crippen molar-refractivity contribution in [2.75, 3.05) is 0 Å². The molecule has 2 aliphatic rings. The van der Waals surface area contributed by atoms with Gasteiger partial charge in [0.25, 0.3) is 5.88 Å². The van der Waals surface area contributed by atoms with Gasteiger partial charge in [-0.05, 0) is 31.2 Å². The molecule has 1 saturated heterocycles. The summed E-state index contributed by atoms with van der Waals surface area (Å²) in [6.45, 7) is 1.50. The number of nitriles is 1. The first-order valence-electron chi connectivity index (χ1n) is 6.93. The number of carbonyl (C=O) groups excluding carboxylic acids is 1. The molecule has 24 heavy (non-hydrogen) atoms. The minimum absolute atomic E-state index is 0.114. The van der Waals surface area contributed by atoms with E-state index in [1.165, 1.54) is 6.92 Å². The molecule has 3 atom stereocenters. The van der Waals surface area contributed by atoms with Crippen molar-refractivity contribution in [1.29, 1.82) is 5.26 Å². The molecule has 2 heterocycles. The molecule has 124 valence electrons. The van der Waals surface area contributed by atoms with Gasteiger partial charge in [-0.15, -0.1) is 0 Å². The van der Waals surface area contributed by atoms with E-state index in [0.717, 1.165) is 16.7 Å². The minimum Gasteiger partial charge on any atom is -0.449 e. The van der Waals surface area contributed by atoms with Crippen LogP contribution in [-0.4, -0.2) is 38.7 Å². The average molecular weight is 348 g/mol. The van der Waals surface area contributed by atoms with Gasteiger partial charge in [-0.25, -0.2) is 4.79 Å². The van der Waals surface area contributed by atoms with E-state index in [1.54, 1.807) is 24.3 Å². The van der Waals surface area contributed by atoms with Crippen molar-refractivity contribution in [3.8, 4) is 11.8 Å². The zero-order valence-corrected chi connectivity index (χ0v) is 13.2. The van der Waals surface area contributed by atoms with Crippen LogP contribution in [0.3, 0.4) is 0 Å². The maximum Gasteiger partial charge on any atom is 0.512 e. The van der Waals surface area contributed by atoms with Crippen LogP contribution in [0.4, 0.5) is 4.79 Å². The molecule has 1 fully saturated rings. The highest BCUT2D eigenvalue weighted by Crippen LogP contribution is 2.50. The summed E-state index contributed by atoms with van der Waals surface area (Å²) in [5.74, 6) is -0.906. The number of thioether (sulfide) groups is 1. The van der Waals surface area contributed by atoms with Crippen molar-refractivity contribution < 1.29 is 29.3 Å². The molecule has 0 saturated carbocycles. The van der Waals surface area contributed by atoms with Gasteiger partial charge < -0.3 is 19.7 Å². The third-order valence-corrected chi connectivity index (χ3v) is 4.82. The quantitative estimate of drug-likeness (QED) is 0.623. The van der Waals surface area contributed by atoms with Gasteiger partial charge in [-0.1, -0.05) is 11.8 Å². The Morgan fingerprint density at radius 1 is 1.42 bits per heavy atom. The van der Waals surface area contributed by atoms with Crippen molar-refractivity contribution in [2.24, 2.45) is 5.92 Å². The van der Waals surface area contributed by atoms with Crippen LogP contribution in [-0.2, 0) is 9.53 Å². The zero-order chi connectivity index (χ0) is 17.4. The molecular weight excluding hydrogens is 336 g/mol. The maximum atomic E-state index is 12.1. The molecule has 0 radical (unpaired) electrons. The van der Waals surface area contributed by atoms with E-state index in [4.69, 9.17) is 19.8 Å². The van der Waals surface area contributed by atoms with Gasteiger partial charge in [-0.2, -0.15) is 5.26 Å². The molecule has 0 aliphatic carbocycles. The Labute approximate surface area is 140 Å². The Hall–Kier alpha value is -2.70. The molecule has 1 amide bonds. The smallest absolute Gasteiger partial charge is 0.449 e. The second-order valence-corrected chi connectivity index (χ2v) is 6.27. The number of nitrogens with zero attached hydrogens (tertiary/aromatic N) is 2. The molecule has 0 unspecified atom stereocenters. The van der Waals surface area contributed by atoms with Crippen molar-refractivity contribution in [2.45, 2.75) is 18.4 Å². The molecule has 1 aromatic rings. The first-order chi connectivity index (χ1) is 11.4. The summed E-state index contributed by atoms with van der Waals surface area (Å²) >= 11 is 1.10. The Morgan fingerprint density at radius 3 is 2.62 bits per heavy atom. The second kappa shape index (κ2) is 6.07. The molecule has 2 N–H and O–H groups in total. The number of carbonyl (C=O) groups is 2. The molecule has 8 nitrogen and oxygen atoms in total. The monoisotopic (exact) mass is 348 g/mol. The van der Waals surface area contributed by atoms with Crippen molar-refractivity contribution >= 4 is 23.8 Å². The van der Waals surface area contributed by atoms with E-state index in [0.29, 0.717) is 11.3 Å². The fraction of sp³-hybridized carbons (Fsp3) is 0.267. The first kappa shape index (κ1) is 16.2. The number of aliphatic hydroxyl groups is 1. The molecule has 1 aromatic carbocycles. The van der Waals surface area contributed by atoms with Gasteiger partial charge in [0.1, 0.15) is 11.1 Å². The topological polar surface area (TPSA) is 120 Å². The lowest BCUT2D eigenvalue weighted by atomic mass is 9.93. The standard InChI is InChI=1S/C15H12N2O6S/c1-7(18)10-11(19)17-12(23-15(20)21)14(24-13(10)17)22-9-4-2-8(6-16)3-5-9/h2-5,7,10,13,18H,1H3,(H,20,21)/t7-,10+,13-/m1/s1. The highest BCUT2D eigenvalue weighted by Gasteiger charge is 2.58. The lowest BCUT2D eigenvalue weighted by Crippen LogP contribution is -2.60. The van der Waals surface area contributed by atoms with Gasteiger partial charge in [0.2, 0.25) is 11.0 Å². The van der Waals surface area contributed by atoms with Gasteiger partial charge >= 0.3 is 6.16 Å². The fourth-order valence-electron chi connectivity index (χ4n) is 2.48. The van der Waals surface area contributed by atoms with Crippen LogP contribution in [0, 0.1) is 17.2 Å². The zero-order valence-electron chi connectivity index (χ0n) is 12.4. The number of rotatable bonds is 4. The summed E-state index contributed by atoms with van der Waals surface area (Å²) in [5, 5.41) is 27.0. The molecule has 9 heteroatoms. The van der Waals surface area contributed by atoms with E-state index in [1.807, 2.05) is 6.07 Å². The van der Waals surface area contributed by atoms with Crippen molar-refractivity contribution in [1.82, 2.24) is 4.90 Å². The summed E-state index contributed by atoms with van der Waals surface area (Å²) in [6, 6.07) is 8.17. The summed E-state index contributed by atoms with van der Waals surface area (Å²) in [4.78, 5) is 24.2. The van der Waals surface area contributed by atoms with Crippen LogP contribution < -0.4 is 4.74 Å². The molecule has 0 aromatic heterocycles. The van der Waals surface area contributed by atoms with E-state index >= 15 is 0 Å². The van der Waals surface area contributed by atoms with Crippen LogP contribution in [0.2, 0.25) is 0 Å². The SMILES string of the molecule is C[C@@H](O)[C@H]1C(=O)N2C(OC(=O)O)=C(Oc3ccc(C#N)cc3)S[C@H]12. The highest BCUT2D eigenvalue weighted by molar-refractivity contribution is 8.03. The van der Waals surface area contributed by atoms with Gasteiger partial charge in [-0.3, -0.25) is 9.69 Å². The van der Waals surface area contributed by atoms with Crippen LogP contribution >= 0.6 is 11.8 Å². The van der Waals surface area contributed by atoms with Crippen molar-refractivity contribution in [3.05, 3.63) is 40.8 Å². The predicted molar refractivity (Wildman–Crippen MR) is 81.3 cm³/mol. The van der Waals surface area contributed by atoms with Crippen LogP contribution in [0.1, 0.15) is 12.5 Å². The number of aliphatic hydroxyl groups excluding tert-OH is 1. The number of amides is 1. The molecule has 0 bridgehead atoms. The number of hydrogen-bond acceptors (Lipinski definition) is 7. The van der Waals surface area contributed by atoms with Crippen LogP contribution in [0.15, 0.2) is 35.2 Å². The average Bonchev–Trinajstić information content (AvgIpc) is 2.80. The summed E-state index contributed by atoms with van der Waals surface area (Å²) < 4.78 is 10.3. The maximum absolute atomic E-state index is 12.1. The summed E-state index contributed by atoms with van der Waals surface area (Å²) in [7, 11) is 0. The van der Waals surface area contributed by atoms with Gasteiger partial charge in [0, 0.05) is 0 Å². The highest BCUT2D eigenvalue weighted by atomic mass is 32.2. The number of hydrogen-bond donors (Lipinski definition) is 2. The Morgan fingerprint density at radius 2 is 2.08 bits per heavy atom. The lowest BCUT2D eigenvalue weighted by Gasteiger charge is -2.42. The summed E-state index contributed by atoms with van der Waals surface area (Å²) in [6.07, 6.45) is -2.44. The van der Waals surface area contributed by atoms with Crippen molar-refractivity contribution in [3.63, 3.8) is 0 Å². The van der Waals surface area contributed by atoms with Crippen LogP contribution in [0.25, 0.3) is 0 Å². The van der Waals surface area contributed by atoms with E-state index in [9.17, 15) is 14.7 Å². The minimum atomic E-state index is -1.57. The third kappa shape index (κ3) is 2.66. The van der Waals surface area contributed by atoms with Gasteiger partial charge in [0.15, 0.2) is 0 Å². The number of ether oxygens (including phenoxy) is 2. The number of fused-ring (bicyclic) bond motifs is 1. The molecule has 2 aliphatic heterocycles. The fourth-order valence-corrected chi connectivity index (χ4v) is 3.88. The largest absolute Gasteiger partial charge is 0.512 e. The normalized spacial score (nSPS) is 23.2. The van der Waals surface area contributed by atoms with Crippen LogP contribution in [0.5, 0.6) is 5.75 Å². The van der Waals surface area contributed by atoms with E-state index < -0.39 is 29.5 Å². The second-order valence-electron chi connectivity index (χ2n) is 5.18.